The van der Waals surface area contributed by atoms with Gasteiger partial charge in [-0.15, -0.1) is 24.0 Å². The quantitative estimate of drug-likeness (QED) is 0.218. The number of likely N-dealkylation sites (N-methyl/N-ethyl adjacent to an activating group) is 1. The Labute approximate surface area is 198 Å². The molecule has 0 aromatic heterocycles. The molecule has 0 aliphatic carbocycles. The molecule has 0 atom stereocenters. The van der Waals surface area contributed by atoms with Crippen LogP contribution < -0.4 is 15.4 Å². The number of hydrogen-bond acceptors (Lipinski definition) is 4. The molecule has 0 saturated heterocycles. The fourth-order valence-electron chi connectivity index (χ4n) is 2.97. The standard InChI is InChI=1S/C22H38N4O3.HI/c1-6-22(7-2,12-13-27)17-25-21(23-8-3)24-15-18-10-9-11-19(14-18)29-16-20(28)26(4)5;/h9-11,14,27H,6-8,12-13,15-17H2,1-5H3,(H2,23,24,25);1H. The molecule has 1 aromatic carbocycles. The van der Waals surface area contributed by atoms with Gasteiger partial charge in [0.1, 0.15) is 5.75 Å². The van der Waals surface area contributed by atoms with E-state index >= 15 is 0 Å². The van der Waals surface area contributed by atoms with E-state index in [0.717, 1.165) is 43.9 Å². The molecule has 3 N–H and O–H groups in total. The lowest BCUT2D eigenvalue weighted by atomic mass is 9.79. The van der Waals surface area contributed by atoms with Crippen molar-refractivity contribution in [1.29, 1.82) is 0 Å². The van der Waals surface area contributed by atoms with Crippen molar-refractivity contribution in [3.05, 3.63) is 29.8 Å². The van der Waals surface area contributed by atoms with Crippen molar-refractivity contribution < 1.29 is 14.6 Å². The first kappa shape index (κ1) is 28.5. The van der Waals surface area contributed by atoms with Crippen molar-refractivity contribution >= 4 is 35.8 Å². The molecule has 1 rings (SSSR count). The largest absolute Gasteiger partial charge is 0.484 e. The molecule has 0 aliphatic rings. The van der Waals surface area contributed by atoms with Crippen molar-refractivity contribution in [2.75, 3.05) is 40.4 Å². The molecular weight excluding hydrogens is 495 g/mol. The molecule has 0 aliphatic heterocycles. The number of aliphatic hydroxyl groups is 1. The Balaban J connectivity index is 0.00000841. The molecular formula is C22H39IN4O3. The second-order valence-electron chi connectivity index (χ2n) is 7.45. The summed E-state index contributed by atoms with van der Waals surface area (Å²) >= 11 is 0. The summed E-state index contributed by atoms with van der Waals surface area (Å²) < 4.78 is 5.58. The third-order valence-electron chi connectivity index (χ3n) is 5.30. The van der Waals surface area contributed by atoms with Gasteiger partial charge in [0.05, 0.1) is 6.54 Å². The van der Waals surface area contributed by atoms with Gasteiger partial charge in [-0.1, -0.05) is 26.0 Å². The van der Waals surface area contributed by atoms with Gasteiger partial charge in [-0.25, -0.2) is 4.99 Å². The minimum absolute atomic E-state index is 0. The number of amides is 1. The first-order valence-electron chi connectivity index (χ1n) is 10.4. The van der Waals surface area contributed by atoms with Gasteiger partial charge in [0.25, 0.3) is 5.91 Å². The average molecular weight is 534 g/mol. The van der Waals surface area contributed by atoms with E-state index in [-0.39, 0.29) is 48.5 Å². The maximum Gasteiger partial charge on any atom is 0.259 e. The van der Waals surface area contributed by atoms with Crippen LogP contribution in [0, 0.1) is 5.41 Å². The number of rotatable bonds is 12. The van der Waals surface area contributed by atoms with Gasteiger partial charge >= 0.3 is 0 Å². The molecule has 0 saturated carbocycles. The Morgan fingerprint density at radius 3 is 2.47 bits per heavy atom. The second-order valence-corrected chi connectivity index (χ2v) is 7.45. The number of halogens is 1. The Hall–Kier alpha value is -1.55. The zero-order chi connectivity index (χ0) is 21.7. The summed E-state index contributed by atoms with van der Waals surface area (Å²) in [5.74, 6) is 1.33. The van der Waals surface area contributed by atoms with Crippen molar-refractivity contribution in [2.24, 2.45) is 10.4 Å². The summed E-state index contributed by atoms with van der Waals surface area (Å²) in [5, 5.41) is 16.1. The molecule has 0 bridgehead atoms. The van der Waals surface area contributed by atoms with Gasteiger partial charge in [0, 0.05) is 33.8 Å². The van der Waals surface area contributed by atoms with Crippen LogP contribution in [0.3, 0.4) is 0 Å². The fourth-order valence-corrected chi connectivity index (χ4v) is 2.97. The summed E-state index contributed by atoms with van der Waals surface area (Å²) in [6.45, 7) is 8.61. The van der Waals surface area contributed by atoms with Crippen molar-refractivity contribution in [3.63, 3.8) is 0 Å². The van der Waals surface area contributed by atoms with E-state index in [1.165, 1.54) is 4.90 Å². The topological polar surface area (TPSA) is 86.2 Å². The Bertz CT molecular complexity index is 649. The number of aliphatic imine (C=N–C) groups is 1. The second kappa shape index (κ2) is 15.3. The molecule has 7 nitrogen and oxygen atoms in total. The van der Waals surface area contributed by atoms with Gasteiger partial charge in [0.15, 0.2) is 12.6 Å². The fraction of sp³-hybridized carbons (Fsp3) is 0.636. The zero-order valence-corrected chi connectivity index (χ0v) is 21.4. The van der Waals surface area contributed by atoms with Crippen LogP contribution in [0.15, 0.2) is 29.3 Å². The highest BCUT2D eigenvalue weighted by Gasteiger charge is 2.25. The van der Waals surface area contributed by atoms with Crippen LogP contribution >= 0.6 is 24.0 Å². The third-order valence-corrected chi connectivity index (χ3v) is 5.30. The molecule has 0 spiro atoms. The number of benzene rings is 1. The highest BCUT2D eigenvalue weighted by molar-refractivity contribution is 14.0. The van der Waals surface area contributed by atoms with Gasteiger partial charge in [-0.2, -0.15) is 0 Å². The van der Waals surface area contributed by atoms with Gasteiger partial charge in [-0.05, 0) is 49.3 Å². The van der Waals surface area contributed by atoms with Gasteiger partial charge < -0.3 is 25.4 Å². The van der Waals surface area contributed by atoms with Crippen molar-refractivity contribution in [3.8, 4) is 5.75 Å². The van der Waals surface area contributed by atoms with Crippen LogP contribution in [0.1, 0.15) is 45.6 Å². The van der Waals surface area contributed by atoms with E-state index in [1.54, 1.807) is 14.1 Å². The third kappa shape index (κ3) is 9.97. The van der Waals surface area contributed by atoms with E-state index in [0.29, 0.717) is 12.3 Å². The number of carbonyl (C=O) groups is 1. The summed E-state index contributed by atoms with van der Waals surface area (Å²) in [4.78, 5) is 17.9. The number of nitrogens with one attached hydrogen (secondary N) is 2. The molecule has 1 aromatic rings. The summed E-state index contributed by atoms with van der Waals surface area (Å²) in [6.07, 6.45) is 2.78. The highest BCUT2D eigenvalue weighted by atomic mass is 127. The lowest BCUT2D eigenvalue weighted by Crippen LogP contribution is -2.43. The number of carbonyl (C=O) groups excluding carboxylic acids is 1. The SMILES string of the molecule is CCNC(=NCc1cccc(OCC(=O)N(C)C)c1)NCC(CC)(CC)CCO.I. The van der Waals surface area contributed by atoms with Gasteiger partial charge in [0.2, 0.25) is 0 Å². The number of nitrogens with zero attached hydrogens (tertiary/aromatic N) is 2. The van der Waals surface area contributed by atoms with Crippen LogP contribution in [0.25, 0.3) is 0 Å². The lowest BCUT2D eigenvalue weighted by molar-refractivity contribution is -0.130. The minimum atomic E-state index is -0.0785. The zero-order valence-electron chi connectivity index (χ0n) is 19.0. The number of aliphatic hydroxyl groups excluding tert-OH is 1. The van der Waals surface area contributed by atoms with Crippen molar-refractivity contribution in [1.82, 2.24) is 15.5 Å². The summed E-state index contributed by atoms with van der Waals surface area (Å²) in [5.41, 5.74) is 1.07. The predicted molar refractivity (Wildman–Crippen MR) is 134 cm³/mol. The first-order valence-corrected chi connectivity index (χ1v) is 10.4. The molecule has 8 heteroatoms. The van der Waals surface area contributed by atoms with Crippen LogP contribution in [0.5, 0.6) is 5.75 Å². The van der Waals surface area contributed by atoms with Gasteiger partial charge in [-0.3, -0.25) is 4.79 Å². The molecule has 0 radical (unpaired) electrons. The lowest BCUT2D eigenvalue weighted by Gasteiger charge is -2.32. The predicted octanol–water partition coefficient (Wildman–Crippen LogP) is 3.02. The van der Waals surface area contributed by atoms with Crippen molar-refractivity contribution in [2.45, 2.75) is 46.6 Å². The first-order chi connectivity index (χ1) is 13.9. The van der Waals surface area contributed by atoms with Crippen LogP contribution in [-0.2, 0) is 11.3 Å². The summed E-state index contributed by atoms with van der Waals surface area (Å²) in [6, 6.07) is 7.64. The van der Waals surface area contributed by atoms with Crippen LogP contribution in [-0.4, -0.2) is 62.3 Å². The average Bonchev–Trinajstić information content (AvgIpc) is 2.73. The smallest absolute Gasteiger partial charge is 0.259 e. The minimum Gasteiger partial charge on any atom is -0.484 e. The Kier molecular flexibility index (Phi) is 14.5. The molecule has 0 unspecified atom stereocenters. The number of guanidine groups is 1. The van der Waals surface area contributed by atoms with E-state index in [1.807, 2.05) is 31.2 Å². The maximum absolute atomic E-state index is 11.7. The molecule has 172 valence electrons. The number of ether oxygens (including phenoxy) is 1. The van der Waals surface area contributed by atoms with E-state index in [9.17, 15) is 9.90 Å². The number of hydrogen-bond donors (Lipinski definition) is 3. The summed E-state index contributed by atoms with van der Waals surface area (Å²) in [7, 11) is 3.41. The van der Waals surface area contributed by atoms with Crippen LogP contribution in [0.2, 0.25) is 0 Å². The molecule has 1 amide bonds. The van der Waals surface area contributed by atoms with E-state index in [2.05, 4.69) is 29.5 Å². The monoisotopic (exact) mass is 534 g/mol. The van der Waals surface area contributed by atoms with E-state index in [4.69, 9.17) is 4.74 Å². The Morgan fingerprint density at radius 2 is 1.90 bits per heavy atom. The maximum atomic E-state index is 11.7. The van der Waals surface area contributed by atoms with E-state index < -0.39 is 0 Å². The van der Waals surface area contributed by atoms with Crippen LogP contribution in [0.4, 0.5) is 0 Å². The highest BCUT2D eigenvalue weighted by Crippen LogP contribution is 2.29. The molecule has 0 fully saturated rings. The molecule has 30 heavy (non-hydrogen) atoms. The molecule has 0 heterocycles. The Morgan fingerprint density at radius 1 is 1.20 bits per heavy atom. The normalized spacial score (nSPS) is 11.5.